The van der Waals surface area contributed by atoms with E-state index in [1.807, 2.05) is 72.8 Å². The van der Waals surface area contributed by atoms with Crippen LogP contribution in [0.3, 0.4) is 0 Å². The van der Waals surface area contributed by atoms with E-state index in [1.165, 1.54) is 0 Å². The first kappa shape index (κ1) is 21.9. The van der Waals surface area contributed by atoms with E-state index in [-0.39, 0.29) is 12.5 Å². The number of benzene rings is 3. The van der Waals surface area contributed by atoms with Gasteiger partial charge >= 0.3 is 5.97 Å². The molecule has 0 spiro atoms. The van der Waals surface area contributed by atoms with Crippen molar-refractivity contribution < 1.29 is 14.3 Å². The Morgan fingerprint density at radius 2 is 1.63 bits per heavy atom. The first-order valence-electron chi connectivity index (χ1n) is 11.9. The number of ether oxygens (including phenoxy) is 1. The molecule has 0 fully saturated rings. The summed E-state index contributed by atoms with van der Waals surface area (Å²) in [6.45, 7) is 1.85. The molecule has 2 aliphatic rings. The van der Waals surface area contributed by atoms with Crippen molar-refractivity contribution in [3.05, 3.63) is 89.6 Å². The zero-order valence-electron chi connectivity index (χ0n) is 19.4. The number of rotatable bonds is 3. The molecule has 0 saturated carbocycles. The molecule has 0 saturated heterocycles. The van der Waals surface area contributed by atoms with Gasteiger partial charge in [0.25, 0.3) is 5.91 Å². The number of nitrogens with zero attached hydrogens (tertiary/aromatic N) is 2. The topological polar surface area (TPSA) is 59.5 Å². The molecule has 35 heavy (non-hydrogen) atoms. The molecule has 3 aromatic carbocycles. The van der Waals surface area contributed by atoms with E-state index in [2.05, 4.69) is 6.92 Å². The van der Waals surface area contributed by atoms with Gasteiger partial charge in [-0.05, 0) is 61.1 Å². The molecular formula is C29H24N2O3S. The molecule has 2 heterocycles. The lowest BCUT2D eigenvalue weighted by Gasteiger charge is -2.31. The molecule has 1 aliphatic heterocycles. The van der Waals surface area contributed by atoms with Gasteiger partial charge in [0, 0.05) is 20.9 Å². The van der Waals surface area contributed by atoms with Crippen molar-refractivity contribution in [2.24, 2.45) is 5.92 Å². The molecule has 5 nitrogen and oxygen atoms in total. The van der Waals surface area contributed by atoms with Crippen molar-refractivity contribution in [1.82, 2.24) is 4.98 Å². The summed E-state index contributed by atoms with van der Waals surface area (Å²) < 4.78 is 5.72. The average molecular weight is 481 g/mol. The van der Waals surface area contributed by atoms with E-state index in [9.17, 15) is 9.59 Å². The van der Waals surface area contributed by atoms with Crippen molar-refractivity contribution in [1.29, 1.82) is 0 Å². The van der Waals surface area contributed by atoms with Crippen molar-refractivity contribution in [3.8, 4) is 0 Å². The van der Waals surface area contributed by atoms with Gasteiger partial charge in [0.15, 0.2) is 6.61 Å². The summed E-state index contributed by atoms with van der Waals surface area (Å²) in [6.07, 6.45) is 2.69. The Labute approximate surface area is 208 Å². The molecule has 174 valence electrons. The number of pyridine rings is 1. The van der Waals surface area contributed by atoms with Gasteiger partial charge in [-0.1, -0.05) is 61.2 Å². The molecule has 0 bridgehead atoms. The summed E-state index contributed by atoms with van der Waals surface area (Å²) in [5.74, 6) is -0.271. The minimum absolute atomic E-state index is 0.279. The fourth-order valence-electron chi connectivity index (χ4n) is 5.03. The summed E-state index contributed by atoms with van der Waals surface area (Å²) >= 11 is 1.63. The predicted octanol–water partition coefficient (Wildman–Crippen LogP) is 6.35. The molecule has 6 heteroatoms. The molecule has 1 unspecified atom stereocenters. The van der Waals surface area contributed by atoms with Gasteiger partial charge in [-0.15, -0.1) is 0 Å². The van der Waals surface area contributed by atoms with Crippen LogP contribution >= 0.6 is 11.8 Å². The van der Waals surface area contributed by atoms with Crippen molar-refractivity contribution in [3.63, 3.8) is 0 Å². The number of aryl methyl sites for hydroxylation is 1. The standard InChI is InChI=1S/C29H24N2O3S/c1-18-14-15-22-20(16-18)28(19-8-2-3-9-21(19)30-22)29(33)34-17-27(32)31-23-10-4-6-12-25(23)35-26-13-7-5-11-24(26)31/h2-13,18H,14-17H2,1H3. The minimum atomic E-state index is -0.463. The quantitative estimate of drug-likeness (QED) is 0.320. The highest BCUT2D eigenvalue weighted by Gasteiger charge is 2.30. The number of anilines is 2. The van der Waals surface area contributed by atoms with Crippen LogP contribution in [0.4, 0.5) is 11.4 Å². The van der Waals surface area contributed by atoms with Crippen LogP contribution in [-0.2, 0) is 22.4 Å². The fourth-order valence-corrected chi connectivity index (χ4v) is 6.09. The lowest BCUT2D eigenvalue weighted by molar-refractivity contribution is -0.121. The zero-order valence-corrected chi connectivity index (χ0v) is 20.2. The van der Waals surface area contributed by atoms with Gasteiger partial charge in [-0.25, -0.2) is 4.79 Å². The number of hydrogen-bond acceptors (Lipinski definition) is 5. The van der Waals surface area contributed by atoms with Crippen LogP contribution in [0.1, 0.15) is 35.0 Å². The smallest absolute Gasteiger partial charge is 0.339 e. The highest BCUT2D eigenvalue weighted by Crippen LogP contribution is 2.47. The monoisotopic (exact) mass is 480 g/mol. The Balaban J connectivity index is 1.32. The number of fused-ring (bicyclic) bond motifs is 4. The average Bonchev–Trinajstić information content (AvgIpc) is 2.88. The highest BCUT2D eigenvalue weighted by atomic mass is 32.2. The third-order valence-corrected chi connectivity index (χ3v) is 7.85. The molecule has 1 atom stereocenters. The summed E-state index contributed by atoms with van der Waals surface area (Å²) in [7, 11) is 0. The Kier molecular flexibility index (Phi) is 5.53. The maximum Gasteiger partial charge on any atom is 0.339 e. The summed E-state index contributed by atoms with van der Waals surface area (Å²) in [4.78, 5) is 35.5. The number of esters is 1. The van der Waals surface area contributed by atoms with Gasteiger partial charge in [0.05, 0.1) is 22.5 Å². The summed E-state index contributed by atoms with van der Waals surface area (Å²) in [6, 6.07) is 23.3. The normalized spacial score (nSPS) is 16.3. The Morgan fingerprint density at radius 3 is 2.37 bits per heavy atom. The lowest BCUT2D eigenvalue weighted by Crippen LogP contribution is -2.33. The second kappa shape index (κ2) is 8.86. The number of amides is 1. The molecule has 0 N–H and O–H groups in total. The van der Waals surface area contributed by atoms with Crippen LogP contribution in [0.15, 0.2) is 82.6 Å². The van der Waals surface area contributed by atoms with E-state index in [1.54, 1.807) is 16.7 Å². The Hall–Kier alpha value is -3.64. The first-order valence-corrected chi connectivity index (χ1v) is 12.7. The first-order chi connectivity index (χ1) is 17.1. The van der Waals surface area contributed by atoms with E-state index >= 15 is 0 Å². The van der Waals surface area contributed by atoms with Gasteiger partial charge in [0.2, 0.25) is 0 Å². The minimum Gasteiger partial charge on any atom is -0.452 e. The molecule has 1 aliphatic carbocycles. The van der Waals surface area contributed by atoms with Crippen molar-refractivity contribution >= 4 is 45.9 Å². The van der Waals surface area contributed by atoms with Crippen LogP contribution in [0, 0.1) is 5.92 Å². The van der Waals surface area contributed by atoms with E-state index in [0.717, 1.165) is 62.6 Å². The molecule has 6 rings (SSSR count). The number of aromatic nitrogens is 1. The lowest BCUT2D eigenvalue weighted by atomic mass is 9.84. The van der Waals surface area contributed by atoms with Crippen LogP contribution in [0.25, 0.3) is 10.9 Å². The third kappa shape index (κ3) is 3.88. The fraction of sp³-hybridized carbons (Fsp3) is 0.207. The third-order valence-electron chi connectivity index (χ3n) is 6.72. The summed E-state index contributed by atoms with van der Waals surface area (Å²) in [5, 5.41) is 0.780. The second-order valence-corrected chi connectivity index (χ2v) is 10.2. The van der Waals surface area contributed by atoms with Crippen LogP contribution in [0.2, 0.25) is 0 Å². The second-order valence-electron chi connectivity index (χ2n) is 9.12. The van der Waals surface area contributed by atoms with Crippen molar-refractivity contribution in [2.45, 2.75) is 36.0 Å². The highest BCUT2D eigenvalue weighted by molar-refractivity contribution is 7.99. The molecule has 0 radical (unpaired) electrons. The predicted molar refractivity (Wildman–Crippen MR) is 137 cm³/mol. The molecular weight excluding hydrogens is 456 g/mol. The summed E-state index contributed by atoms with van der Waals surface area (Å²) in [5.41, 5.74) is 4.88. The SMILES string of the molecule is CC1CCc2nc3ccccc3c(C(=O)OCC(=O)N3c4ccccc4Sc4ccccc43)c2C1. The van der Waals surface area contributed by atoms with E-state index in [0.29, 0.717) is 11.5 Å². The van der Waals surface area contributed by atoms with E-state index < -0.39 is 5.97 Å². The van der Waals surface area contributed by atoms with Gasteiger partial charge in [-0.2, -0.15) is 0 Å². The molecule has 1 aromatic heterocycles. The van der Waals surface area contributed by atoms with Gasteiger partial charge in [0.1, 0.15) is 0 Å². The van der Waals surface area contributed by atoms with E-state index in [4.69, 9.17) is 9.72 Å². The Bertz CT molecular complexity index is 1440. The van der Waals surface area contributed by atoms with Crippen LogP contribution in [-0.4, -0.2) is 23.5 Å². The number of carbonyl (C=O) groups excluding carboxylic acids is 2. The van der Waals surface area contributed by atoms with Gasteiger partial charge < -0.3 is 4.74 Å². The maximum absolute atomic E-state index is 13.5. The maximum atomic E-state index is 13.5. The molecule has 4 aromatic rings. The van der Waals surface area contributed by atoms with Crippen LogP contribution < -0.4 is 4.90 Å². The van der Waals surface area contributed by atoms with Crippen LogP contribution in [0.5, 0.6) is 0 Å². The zero-order chi connectivity index (χ0) is 23.9. The number of carbonyl (C=O) groups is 2. The Morgan fingerprint density at radius 1 is 0.971 bits per heavy atom. The molecule has 1 amide bonds. The van der Waals surface area contributed by atoms with Gasteiger partial charge in [-0.3, -0.25) is 14.7 Å². The largest absolute Gasteiger partial charge is 0.452 e. The van der Waals surface area contributed by atoms with Crippen molar-refractivity contribution in [2.75, 3.05) is 11.5 Å². The number of para-hydroxylation sites is 3. The number of hydrogen-bond donors (Lipinski definition) is 0.